The minimum absolute atomic E-state index is 0.232. The van der Waals surface area contributed by atoms with E-state index in [9.17, 15) is 13.2 Å². The Bertz CT molecular complexity index is 1050. The second-order valence-electron chi connectivity index (χ2n) is 5.98. The molecule has 0 unspecified atom stereocenters. The van der Waals surface area contributed by atoms with Gasteiger partial charge in [0.25, 0.3) is 5.91 Å². The second-order valence-corrected chi connectivity index (χ2v) is 7.97. The van der Waals surface area contributed by atoms with Crippen molar-refractivity contribution < 1.29 is 17.9 Å². The number of anilines is 2. The van der Waals surface area contributed by atoms with Crippen molar-refractivity contribution >= 4 is 27.1 Å². The molecule has 0 spiro atoms. The monoisotopic (exact) mass is 396 g/mol. The first-order valence-electron chi connectivity index (χ1n) is 8.56. The average Bonchev–Trinajstić information content (AvgIpc) is 2.73. The van der Waals surface area contributed by atoms with Crippen LogP contribution >= 0.6 is 0 Å². The van der Waals surface area contributed by atoms with Crippen LogP contribution in [0.25, 0.3) is 0 Å². The average molecular weight is 396 g/mol. The van der Waals surface area contributed by atoms with Crippen molar-refractivity contribution in [2.24, 2.45) is 0 Å². The summed E-state index contributed by atoms with van der Waals surface area (Å²) >= 11 is 0. The van der Waals surface area contributed by atoms with Gasteiger partial charge in [0.05, 0.1) is 17.7 Å². The molecule has 3 aromatic rings. The fraction of sp³-hybridized carbons (Fsp3) is 0.0952. The molecule has 2 N–H and O–H groups in total. The van der Waals surface area contributed by atoms with Gasteiger partial charge in [-0.2, -0.15) is 0 Å². The topological polar surface area (TPSA) is 84.5 Å². The quantitative estimate of drug-likeness (QED) is 0.635. The number of nitrogens with one attached hydrogen (secondary N) is 2. The fourth-order valence-corrected chi connectivity index (χ4v) is 3.67. The number of sulfone groups is 1. The molecule has 7 heteroatoms. The van der Waals surface area contributed by atoms with E-state index in [-0.39, 0.29) is 16.7 Å². The van der Waals surface area contributed by atoms with E-state index in [2.05, 4.69) is 10.6 Å². The number of rotatable bonds is 7. The number of carbonyl (C=O) groups is 1. The van der Waals surface area contributed by atoms with Gasteiger partial charge in [0.1, 0.15) is 11.6 Å². The lowest BCUT2D eigenvalue weighted by Gasteiger charge is -2.11. The Kier molecular flexibility index (Phi) is 5.96. The third kappa shape index (κ3) is 4.69. The van der Waals surface area contributed by atoms with Crippen molar-refractivity contribution in [1.29, 1.82) is 0 Å². The summed E-state index contributed by atoms with van der Waals surface area (Å²) in [6, 6.07) is 22.0. The minimum Gasteiger partial charge on any atom is -0.495 e. The lowest BCUT2D eigenvalue weighted by Crippen LogP contribution is -2.15. The Morgan fingerprint density at radius 1 is 0.893 bits per heavy atom. The van der Waals surface area contributed by atoms with Gasteiger partial charge in [-0.15, -0.1) is 0 Å². The zero-order chi connectivity index (χ0) is 20.0. The van der Waals surface area contributed by atoms with Crippen LogP contribution in [0.15, 0.2) is 83.8 Å². The van der Waals surface area contributed by atoms with E-state index in [4.69, 9.17) is 4.74 Å². The first-order chi connectivity index (χ1) is 13.5. The van der Waals surface area contributed by atoms with Crippen LogP contribution in [-0.2, 0) is 9.84 Å². The molecule has 0 aliphatic heterocycles. The highest BCUT2D eigenvalue weighted by Gasteiger charge is 2.14. The van der Waals surface area contributed by atoms with Gasteiger partial charge >= 0.3 is 0 Å². The number of ether oxygens (including phenoxy) is 1. The Balaban J connectivity index is 1.64. The maximum atomic E-state index is 12.4. The summed E-state index contributed by atoms with van der Waals surface area (Å²) in [5, 5.41) is 5.67. The van der Waals surface area contributed by atoms with Crippen LogP contribution in [0.2, 0.25) is 0 Å². The van der Waals surface area contributed by atoms with Gasteiger partial charge in [-0.25, -0.2) is 8.42 Å². The maximum Gasteiger partial charge on any atom is 0.255 e. The molecule has 1 amide bonds. The van der Waals surface area contributed by atoms with Crippen LogP contribution in [-0.4, -0.2) is 27.3 Å². The normalized spacial score (nSPS) is 10.9. The Morgan fingerprint density at radius 3 is 2.21 bits per heavy atom. The highest BCUT2D eigenvalue weighted by molar-refractivity contribution is 7.91. The summed E-state index contributed by atoms with van der Waals surface area (Å²) in [4.78, 5) is 12.7. The smallest absolute Gasteiger partial charge is 0.255 e. The Morgan fingerprint density at radius 2 is 1.54 bits per heavy atom. The van der Waals surface area contributed by atoms with Crippen molar-refractivity contribution in [2.45, 2.75) is 4.90 Å². The van der Waals surface area contributed by atoms with Gasteiger partial charge in [0, 0.05) is 11.3 Å². The second kappa shape index (κ2) is 8.58. The van der Waals surface area contributed by atoms with Gasteiger partial charge in [0.15, 0.2) is 9.84 Å². The van der Waals surface area contributed by atoms with Gasteiger partial charge in [-0.3, -0.25) is 4.79 Å². The first kappa shape index (κ1) is 19.4. The highest BCUT2D eigenvalue weighted by atomic mass is 32.2. The van der Waals surface area contributed by atoms with E-state index < -0.39 is 9.84 Å². The molecule has 0 atom stereocenters. The number of para-hydroxylation sites is 2. The van der Waals surface area contributed by atoms with Gasteiger partial charge in [-0.1, -0.05) is 30.3 Å². The number of methoxy groups -OCH3 is 1. The Hall–Kier alpha value is -3.32. The van der Waals surface area contributed by atoms with Crippen LogP contribution in [0.4, 0.5) is 11.4 Å². The van der Waals surface area contributed by atoms with Crippen molar-refractivity contribution in [3.63, 3.8) is 0 Å². The lowest BCUT2D eigenvalue weighted by molar-refractivity contribution is 0.102. The highest BCUT2D eigenvalue weighted by Crippen LogP contribution is 2.24. The van der Waals surface area contributed by atoms with E-state index in [0.717, 1.165) is 0 Å². The molecule has 0 heterocycles. The van der Waals surface area contributed by atoms with Gasteiger partial charge in [-0.05, 0) is 48.5 Å². The summed E-state index contributed by atoms with van der Waals surface area (Å²) in [7, 11) is -1.90. The third-order valence-corrected chi connectivity index (χ3v) is 5.59. The Labute approximate surface area is 164 Å². The molecule has 0 radical (unpaired) electrons. The first-order valence-corrected chi connectivity index (χ1v) is 10.2. The zero-order valence-electron chi connectivity index (χ0n) is 15.3. The van der Waals surface area contributed by atoms with Crippen molar-refractivity contribution in [3.05, 3.63) is 84.4 Å². The summed E-state index contributed by atoms with van der Waals surface area (Å²) in [5.74, 6) is 0.0530. The molecule has 3 rings (SSSR count). The van der Waals surface area contributed by atoms with E-state index >= 15 is 0 Å². The third-order valence-electron chi connectivity index (χ3n) is 4.07. The van der Waals surface area contributed by atoms with E-state index in [1.54, 1.807) is 72.8 Å². The van der Waals surface area contributed by atoms with Crippen molar-refractivity contribution in [3.8, 4) is 5.75 Å². The fourth-order valence-electron chi connectivity index (χ4n) is 2.57. The van der Waals surface area contributed by atoms with Gasteiger partial charge in [0.2, 0.25) is 0 Å². The number of amides is 1. The number of hydrogen-bond donors (Lipinski definition) is 2. The van der Waals surface area contributed by atoms with Crippen molar-refractivity contribution in [2.75, 3.05) is 23.6 Å². The molecular weight excluding hydrogens is 376 g/mol. The lowest BCUT2D eigenvalue weighted by atomic mass is 10.2. The number of hydrogen-bond acceptors (Lipinski definition) is 5. The van der Waals surface area contributed by atoms with E-state index in [0.29, 0.717) is 22.7 Å². The van der Waals surface area contributed by atoms with Crippen LogP contribution in [0.3, 0.4) is 0 Å². The van der Waals surface area contributed by atoms with Crippen LogP contribution in [0.1, 0.15) is 10.4 Å². The van der Waals surface area contributed by atoms with E-state index in [1.165, 1.54) is 7.11 Å². The maximum absolute atomic E-state index is 12.4. The van der Waals surface area contributed by atoms with Gasteiger partial charge < -0.3 is 15.4 Å². The molecule has 3 aromatic carbocycles. The van der Waals surface area contributed by atoms with Crippen LogP contribution < -0.4 is 15.4 Å². The molecule has 28 heavy (non-hydrogen) atoms. The molecule has 144 valence electrons. The summed E-state index contributed by atoms with van der Waals surface area (Å²) in [5.41, 5.74) is 1.63. The van der Waals surface area contributed by atoms with Crippen molar-refractivity contribution in [1.82, 2.24) is 0 Å². The summed E-state index contributed by atoms with van der Waals surface area (Å²) in [6.07, 6.45) is 0. The standard InChI is InChI=1S/C21H20N2O4S/c1-27-20-10-6-5-9-19(20)23-21(24)16-11-13-17(14-12-16)22-15-28(25,26)18-7-3-2-4-8-18/h2-14,22H,15H2,1H3,(H,23,24). The zero-order valence-corrected chi connectivity index (χ0v) is 16.1. The molecule has 0 saturated heterocycles. The van der Waals surface area contributed by atoms with E-state index in [1.807, 2.05) is 6.07 Å². The number of benzene rings is 3. The largest absolute Gasteiger partial charge is 0.495 e. The van der Waals surface area contributed by atoms with Crippen LogP contribution in [0.5, 0.6) is 5.75 Å². The molecule has 0 fully saturated rings. The number of carbonyl (C=O) groups excluding carboxylic acids is 1. The van der Waals surface area contributed by atoms with Crippen LogP contribution in [0, 0.1) is 0 Å². The molecule has 0 saturated carbocycles. The predicted molar refractivity (Wildman–Crippen MR) is 110 cm³/mol. The predicted octanol–water partition coefficient (Wildman–Crippen LogP) is 3.79. The summed E-state index contributed by atoms with van der Waals surface area (Å²) < 4.78 is 29.8. The SMILES string of the molecule is COc1ccccc1NC(=O)c1ccc(NCS(=O)(=O)c2ccccc2)cc1. The minimum atomic E-state index is -3.44. The molecule has 0 aliphatic rings. The summed E-state index contributed by atoms with van der Waals surface area (Å²) in [6.45, 7) is 0. The molecule has 0 bridgehead atoms. The molecule has 0 aromatic heterocycles. The molecular formula is C21H20N2O4S. The molecule has 0 aliphatic carbocycles. The molecule has 6 nitrogen and oxygen atoms in total.